The maximum atomic E-state index is 17.2. The third-order valence-electron chi connectivity index (χ3n) is 9.27. The van der Waals surface area contributed by atoms with Crippen molar-refractivity contribution in [3.8, 4) is 0 Å². The summed E-state index contributed by atoms with van der Waals surface area (Å²) in [6, 6.07) is 0. The molecule has 0 amide bonds. The highest BCUT2D eigenvalue weighted by Crippen LogP contribution is 2.71. The van der Waals surface area contributed by atoms with Crippen molar-refractivity contribution in [3.05, 3.63) is 23.8 Å². The van der Waals surface area contributed by atoms with Gasteiger partial charge in [-0.05, 0) is 49.8 Å². The number of fused-ring (bicyclic) bond motifs is 5. The van der Waals surface area contributed by atoms with Gasteiger partial charge < -0.3 is 9.84 Å². The Morgan fingerprint density at radius 1 is 1.27 bits per heavy atom. The summed E-state index contributed by atoms with van der Waals surface area (Å²) in [5.41, 5.74) is -6.47. The van der Waals surface area contributed by atoms with Gasteiger partial charge in [-0.3, -0.25) is 14.4 Å². The van der Waals surface area contributed by atoms with Crippen molar-refractivity contribution < 1.29 is 33.0 Å². The Morgan fingerprint density at radius 2 is 1.94 bits per heavy atom. The zero-order valence-corrected chi connectivity index (χ0v) is 20.1. The summed E-state index contributed by atoms with van der Waals surface area (Å²) in [6.45, 7) is 6.64. The Bertz CT molecular complexity index is 964. The Balaban J connectivity index is 1.88. The van der Waals surface area contributed by atoms with Gasteiger partial charge in [0.05, 0.1) is 12.0 Å². The first-order valence-electron chi connectivity index (χ1n) is 11.6. The molecule has 3 saturated carbocycles. The molecule has 0 aromatic rings. The highest BCUT2D eigenvalue weighted by atomic mass is 35.5. The summed E-state index contributed by atoms with van der Waals surface area (Å²) in [5, 5.41) is 11.4. The highest BCUT2D eigenvalue weighted by molar-refractivity contribution is 6.29. The van der Waals surface area contributed by atoms with E-state index < -0.39 is 75.5 Å². The van der Waals surface area contributed by atoms with Crippen LogP contribution in [0, 0.1) is 28.6 Å². The number of aliphatic hydroxyl groups excluding tert-OH is 1. The first kappa shape index (κ1) is 24.5. The fourth-order valence-corrected chi connectivity index (χ4v) is 7.94. The maximum Gasteiger partial charge on any atom is 0.306 e. The Labute approximate surface area is 197 Å². The first-order chi connectivity index (χ1) is 15.3. The smallest absolute Gasteiger partial charge is 0.306 e. The second kappa shape index (κ2) is 7.70. The molecule has 182 valence electrons. The van der Waals surface area contributed by atoms with Crippen LogP contribution in [0.4, 0.5) is 8.78 Å². The number of rotatable bonds is 4. The predicted octanol–water partition coefficient (Wildman–Crippen LogP) is 4.05. The highest BCUT2D eigenvalue weighted by Gasteiger charge is 2.77. The number of hydrogen-bond acceptors (Lipinski definition) is 5. The zero-order chi connectivity index (χ0) is 24.6. The fraction of sp³-hybridized carbons (Fsp3) is 0.720. The summed E-state index contributed by atoms with van der Waals surface area (Å²) in [4.78, 5) is 37.7. The van der Waals surface area contributed by atoms with Crippen LogP contribution < -0.4 is 0 Å². The predicted molar refractivity (Wildman–Crippen MR) is 118 cm³/mol. The number of allylic oxidation sites excluding steroid dienone is 4. The number of hydrogen-bond donors (Lipinski definition) is 1. The Morgan fingerprint density at radius 3 is 2.55 bits per heavy atom. The molecule has 8 heteroatoms. The minimum Gasteiger partial charge on any atom is -0.450 e. The second-order valence-corrected chi connectivity index (χ2v) is 10.9. The molecule has 4 rings (SSSR count). The van der Waals surface area contributed by atoms with Crippen molar-refractivity contribution in [2.45, 2.75) is 76.9 Å². The van der Waals surface area contributed by atoms with E-state index in [1.54, 1.807) is 20.8 Å². The molecular formula is C25H31ClF2O5. The van der Waals surface area contributed by atoms with E-state index in [1.165, 1.54) is 19.1 Å². The molecule has 0 aromatic carbocycles. The van der Waals surface area contributed by atoms with Gasteiger partial charge in [-0.15, -0.1) is 11.6 Å². The van der Waals surface area contributed by atoms with Gasteiger partial charge in [0.15, 0.2) is 22.8 Å². The second-order valence-electron chi connectivity index (χ2n) is 10.6. The van der Waals surface area contributed by atoms with Crippen LogP contribution >= 0.6 is 11.6 Å². The lowest BCUT2D eigenvalue weighted by Gasteiger charge is -2.63. The fourth-order valence-electron chi connectivity index (χ4n) is 7.74. The number of halogens is 3. The first-order valence-corrected chi connectivity index (χ1v) is 12.1. The minimum atomic E-state index is -2.25. The van der Waals surface area contributed by atoms with E-state index in [2.05, 4.69) is 0 Å². The minimum absolute atomic E-state index is 0.0431. The summed E-state index contributed by atoms with van der Waals surface area (Å²) >= 11 is 5.97. The molecule has 33 heavy (non-hydrogen) atoms. The number of aliphatic hydroxyl groups is 1. The molecule has 9 atom stereocenters. The van der Waals surface area contributed by atoms with E-state index in [1.807, 2.05) is 0 Å². The average Bonchev–Trinajstić information content (AvgIpc) is 2.98. The molecular weight excluding hydrogens is 454 g/mol. The molecule has 0 saturated heterocycles. The topological polar surface area (TPSA) is 80.7 Å². The van der Waals surface area contributed by atoms with Gasteiger partial charge in [-0.25, -0.2) is 8.78 Å². The quantitative estimate of drug-likeness (QED) is 0.481. The van der Waals surface area contributed by atoms with Crippen molar-refractivity contribution in [3.63, 3.8) is 0 Å². The number of Topliss-reactive ketones (excluding diaryl/α,β-unsaturated/α-hetero) is 1. The third-order valence-corrected chi connectivity index (χ3v) is 9.51. The van der Waals surface area contributed by atoms with Crippen LogP contribution in [-0.2, 0) is 19.1 Å². The molecule has 0 radical (unpaired) electrons. The van der Waals surface area contributed by atoms with Crippen molar-refractivity contribution in [2.24, 2.45) is 28.6 Å². The molecule has 0 heterocycles. The van der Waals surface area contributed by atoms with Gasteiger partial charge in [0, 0.05) is 29.1 Å². The van der Waals surface area contributed by atoms with E-state index in [-0.39, 0.29) is 24.8 Å². The van der Waals surface area contributed by atoms with Gasteiger partial charge in [0.2, 0.25) is 0 Å². The summed E-state index contributed by atoms with van der Waals surface area (Å²) in [6.07, 6.45) is 0.584. The van der Waals surface area contributed by atoms with E-state index in [9.17, 15) is 19.5 Å². The van der Waals surface area contributed by atoms with Crippen LogP contribution in [0.2, 0.25) is 0 Å². The number of carbonyl (C=O) groups is 3. The van der Waals surface area contributed by atoms with E-state index in [0.29, 0.717) is 6.42 Å². The molecule has 0 spiro atoms. The van der Waals surface area contributed by atoms with Crippen molar-refractivity contribution in [2.75, 3.05) is 5.88 Å². The summed E-state index contributed by atoms with van der Waals surface area (Å²) < 4.78 is 38.5. The van der Waals surface area contributed by atoms with Crippen LogP contribution in [0.15, 0.2) is 23.8 Å². The number of ketones is 2. The van der Waals surface area contributed by atoms with Crippen LogP contribution in [-0.4, -0.2) is 52.1 Å². The lowest BCUT2D eigenvalue weighted by molar-refractivity contribution is -0.230. The number of esters is 1. The van der Waals surface area contributed by atoms with E-state index in [4.69, 9.17) is 16.3 Å². The molecule has 4 aliphatic carbocycles. The Hall–Kier alpha value is -1.60. The lowest BCUT2D eigenvalue weighted by atomic mass is 9.44. The lowest BCUT2D eigenvalue weighted by Crippen LogP contribution is -2.71. The summed E-state index contributed by atoms with van der Waals surface area (Å²) in [5.74, 6) is -3.84. The molecule has 1 N–H and O–H groups in total. The van der Waals surface area contributed by atoms with Gasteiger partial charge in [0.1, 0.15) is 6.17 Å². The number of alkyl halides is 3. The maximum absolute atomic E-state index is 17.2. The van der Waals surface area contributed by atoms with Crippen LogP contribution in [0.1, 0.15) is 53.4 Å². The number of ether oxygens (including phenoxy) is 1. The van der Waals surface area contributed by atoms with Crippen LogP contribution in [0.5, 0.6) is 0 Å². The van der Waals surface area contributed by atoms with Crippen molar-refractivity contribution in [1.29, 1.82) is 0 Å². The number of carbonyl (C=O) groups excluding carboxylic acids is 3. The molecule has 3 fully saturated rings. The van der Waals surface area contributed by atoms with Gasteiger partial charge in [-0.1, -0.05) is 26.8 Å². The summed E-state index contributed by atoms with van der Waals surface area (Å²) in [7, 11) is 0. The Kier molecular flexibility index (Phi) is 5.73. The van der Waals surface area contributed by atoms with Crippen molar-refractivity contribution >= 4 is 29.1 Å². The molecule has 0 aromatic heterocycles. The molecule has 1 unspecified atom stereocenters. The SMILES string of the molecule is CCC(=O)O[C@]1(C(=O)CCl)[C@@H](C)C[C@H]2[C@@H]3C[C@H](F)C4=CC(=O)C=C[C@]4(C)C3(F)[C@@H](O)C[C@@]21C. The normalized spacial score (nSPS) is 48.4. The van der Waals surface area contributed by atoms with E-state index >= 15 is 8.78 Å². The third kappa shape index (κ3) is 2.87. The van der Waals surface area contributed by atoms with Gasteiger partial charge >= 0.3 is 5.97 Å². The average molecular weight is 485 g/mol. The van der Waals surface area contributed by atoms with Crippen LogP contribution in [0.25, 0.3) is 0 Å². The zero-order valence-electron chi connectivity index (χ0n) is 19.4. The monoisotopic (exact) mass is 484 g/mol. The molecule has 0 bridgehead atoms. The largest absolute Gasteiger partial charge is 0.450 e. The molecule has 4 aliphatic rings. The standard InChI is InChI=1S/C25H31ClF2O5/c1-5-21(32)33-25(20(31)12-26)13(2)8-15-16-10-18(27)17-9-14(29)6-7-22(17,3)24(16,28)19(30)11-23(15,25)4/h6-7,9,13,15-16,18-19,30H,5,8,10-12H2,1-4H3/t13-,15-,16-,18-,19-,22-,23-,24?,25-/m0/s1. The molecule has 0 aliphatic heterocycles. The molecule has 5 nitrogen and oxygen atoms in total. The van der Waals surface area contributed by atoms with E-state index in [0.717, 1.165) is 6.08 Å². The van der Waals surface area contributed by atoms with Crippen LogP contribution in [0.3, 0.4) is 0 Å². The van der Waals surface area contributed by atoms with Crippen molar-refractivity contribution in [1.82, 2.24) is 0 Å². The van der Waals surface area contributed by atoms with Gasteiger partial charge in [0.25, 0.3) is 0 Å². The van der Waals surface area contributed by atoms with Gasteiger partial charge in [-0.2, -0.15) is 0 Å².